The lowest BCUT2D eigenvalue weighted by Crippen LogP contribution is -2.02. The first-order valence-electron chi connectivity index (χ1n) is 4.64. The van der Waals surface area contributed by atoms with Crippen LogP contribution in [0, 0.1) is 5.82 Å². The highest BCUT2D eigenvalue weighted by Crippen LogP contribution is 2.31. The number of anilines is 1. The van der Waals surface area contributed by atoms with Crippen LogP contribution < -0.4 is 5.32 Å². The SMILES string of the molecule is C=CCCCNc1c(Cl)cc(F)cc1Br. The minimum absolute atomic E-state index is 0.344. The first-order valence-corrected chi connectivity index (χ1v) is 5.81. The van der Waals surface area contributed by atoms with Gasteiger partial charge in [-0.25, -0.2) is 4.39 Å². The summed E-state index contributed by atoms with van der Waals surface area (Å²) in [6, 6.07) is 2.68. The minimum atomic E-state index is -0.344. The lowest BCUT2D eigenvalue weighted by molar-refractivity contribution is 0.627. The normalized spacial score (nSPS) is 10.1. The van der Waals surface area contributed by atoms with E-state index in [1.54, 1.807) is 0 Å². The summed E-state index contributed by atoms with van der Waals surface area (Å²) in [4.78, 5) is 0. The first kappa shape index (κ1) is 12.5. The Morgan fingerprint density at radius 3 is 2.87 bits per heavy atom. The van der Waals surface area contributed by atoms with Crippen LogP contribution in [0.2, 0.25) is 5.02 Å². The van der Waals surface area contributed by atoms with Gasteiger partial charge in [0.2, 0.25) is 0 Å². The van der Waals surface area contributed by atoms with Crippen molar-refractivity contribution in [3.8, 4) is 0 Å². The van der Waals surface area contributed by atoms with Crippen LogP contribution >= 0.6 is 27.5 Å². The Morgan fingerprint density at radius 2 is 2.27 bits per heavy atom. The topological polar surface area (TPSA) is 12.0 Å². The van der Waals surface area contributed by atoms with Crippen molar-refractivity contribution in [2.24, 2.45) is 0 Å². The van der Waals surface area contributed by atoms with E-state index in [9.17, 15) is 4.39 Å². The van der Waals surface area contributed by atoms with Gasteiger partial charge in [-0.05, 0) is 40.9 Å². The Balaban J connectivity index is 2.64. The predicted molar refractivity (Wildman–Crippen MR) is 67.0 cm³/mol. The molecule has 0 aliphatic heterocycles. The van der Waals surface area contributed by atoms with E-state index in [1.165, 1.54) is 12.1 Å². The van der Waals surface area contributed by atoms with E-state index in [1.807, 2.05) is 6.08 Å². The number of halogens is 3. The summed E-state index contributed by atoms with van der Waals surface area (Å²) >= 11 is 9.15. The van der Waals surface area contributed by atoms with Gasteiger partial charge in [0.1, 0.15) is 5.82 Å². The monoisotopic (exact) mass is 291 g/mol. The van der Waals surface area contributed by atoms with Crippen LogP contribution in [-0.2, 0) is 0 Å². The molecule has 0 atom stereocenters. The van der Waals surface area contributed by atoms with E-state index in [0.29, 0.717) is 9.50 Å². The maximum Gasteiger partial charge on any atom is 0.125 e. The number of nitrogens with one attached hydrogen (secondary N) is 1. The summed E-state index contributed by atoms with van der Waals surface area (Å²) < 4.78 is 13.5. The lowest BCUT2D eigenvalue weighted by Gasteiger charge is -2.10. The third kappa shape index (κ3) is 3.84. The van der Waals surface area contributed by atoms with Gasteiger partial charge in [-0.2, -0.15) is 0 Å². The summed E-state index contributed by atoms with van der Waals surface area (Å²) in [7, 11) is 0. The van der Waals surface area contributed by atoms with E-state index >= 15 is 0 Å². The van der Waals surface area contributed by atoms with Crippen LogP contribution in [0.3, 0.4) is 0 Å². The molecular weight excluding hydrogens is 280 g/mol. The molecule has 0 fully saturated rings. The maximum atomic E-state index is 12.9. The quantitative estimate of drug-likeness (QED) is 0.617. The highest BCUT2D eigenvalue weighted by atomic mass is 79.9. The van der Waals surface area contributed by atoms with Crippen molar-refractivity contribution in [1.82, 2.24) is 0 Å². The number of allylic oxidation sites excluding steroid dienone is 1. The van der Waals surface area contributed by atoms with Crippen molar-refractivity contribution in [2.45, 2.75) is 12.8 Å². The third-order valence-electron chi connectivity index (χ3n) is 1.89. The number of unbranched alkanes of at least 4 members (excludes halogenated alkanes) is 1. The van der Waals surface area contributed by atoms with Crippen molar-refractivity contribution >= 4 is 33.2 Å². The van der Waals surface area contributed by atoms with Gasteiger partial charge in [0.05, 0.1) is 10.7 Å². The Kier molecular flexibility index (Phi) is 5.12. The molecule has 15 heavy (non-hydrogen) atoms. The largest absolute Gasteiger partial charge is 0.383 e. The fraction of sp³-hybridized carbons (Fsp3) is 0.273. The maximum absolute atomic E-state index is 12.9. The summed E-state index contributed by atoms with van der Waals surface area (Å²) in [6.07, 6.45) is 3.79. The molecule has 0 unspecified atom stereocenters. The zero-order valence-corrected chi connectivity index (χ0v) is 10.5. The van der Waals surface area contributed by atoms with Crippen LogP contribution in [0.15, 0.2) is 29.3 Å². The molecule has 1 N–H and O–H groups in total. The van der Waals surface area contributed by atoms with E-state index in [0.717, 1.165) is 25.1 Å². The van der Waals surface area contributed by atoms with Gasteiger partial charge in [-0.1, -0.05) is 17.7 Å². The molecule has 0 radical (unpaired) electrons. The van der Waals surface area contributed by atoms with Crippen LogP contribution in [0.4, 0.5) is 10.1 Å². The van der Waals surface area contributed by atoms with Gasteiger partial charge in [-0.3, -0.25) is 0 Å². The standard InChI is InChI=1S/C11H12BrClFN/c1-2-3-4-5-15-11-9(12)6-8(14)7-10(11)13/h2,6-7,15H,1,3-5H2. The van der Waals surface area contributed by atoms with Crippen LogP contribution in [0.1, 0.15) is 12.8 Å². The smallest absolute Gasteiger partial charge is 0.125 e. The van der Waals surface area contributed by atoms with E-state index in [2.05, 4.69) is 27.8 Å². The average molecular weight is 293 g/mol. The minimum Gasteiger partial charge on any atom is -0.383 e. The molecule has 0 amide bonds. The molecule has 0 spiro atoms. The fourth-order valence-electron chi connectivity index (χ4n) is 1.17. The summed E-state index contributed by atoms with van der Waals surface area (Å²) in [6.45, 7) is 4.43. The zero-order valence-electron chi connectivity index (χ0n) is 8.19. The molecule has 0 aliphatic rings. The number of benzene rings is 1. The van der Waals surface area contributed by atoms with E-state index < -0.39 is 0 Å². The Labute approximate surface area is 102 Å². The molecule has 1 nitrogen and oxygen atoms in total. The summed E-state index contributed by atoms with van der Waals surface area (Å²) in [5.74, 6) is -0.344. The molecule has 1 aromatic rings. The molecule has 0 aromatic heterocycles. The molecule has 1 rings (SSSR count). The Bertz CT molecular complexity index is 331. The highest BCUT2D eigenvalue weighted by molar-refractivity contribution is 9.10. The van der Waals surface area contributed by atoms with Crippen molar-refractivity contribution in [3.05, 3.63) is 40.1 Å². The van der Waals surface area contributed by atoms with Gasteiger partial charge in [0.15, 0.2) is 0 Å². The molecule has 0 bridgehead atoms. The number of rotatable bonds is 5. The molecule has 4 heteroatoms. The van der Waals surface area contributed by atoms with Crippen molar-refractivity contribution in [1.29, 1.82) is 0 Å². The zero-order chi connectivity index (χ0) is 11.3. The second-order valence-electron chi connectivity index (χ2n) is 3.10. The molecule has 0 saturated carbocycles. The van der Waals surface area contributed by atoms with E-state index in [-0.39, 0.29) is 5.82 Å². The molecule has 0 aliphatic carbocycles. The average Bonchev–Trinajstić information content (AvgIpc) is 2.15. The Morgan fingerprint density at radius 1 is 1.53 bits per heavy atom. The van der Waals surface area contributed by atoms with Crippen molar-refractivity contribution in [3.63, 3.8) is 0 Å². The molecule has 1 aromatic carbocycles. The second kappa shape index (κ2) is 6.13. The summed E-state index contributed by atoms with van der Waals surface area (Å²) in [5.41, 5.74) is 0.738. The van der Waals surface area contributed by atoms with Crippen molar-refractivity contribution in [2.75, 3.05) is 11.9 Å². The lowest BCUT2D eigenvalue weighted by atomic mass is 10.2. The van der Waals surface area contributed by atoms with Crippen LogP contribution in [0.25, 0.3) is 0 Å². The van der Waals surface area contributed by atoms with Crippen molar-refractivity contribution < 1.29 is 4.39 Å². The molecular formula is C11H12BrClFN. The van der Waals surface area contributed by atoms with Gasteiger partial charge in [-0.15, -0.1) is 6.58 Å². The molecule has 0 heterocycles. The van der Waals surface area contributed by atoms with Gasteiger partial charge < -0.3 is 5.32 Å². The van der Waals surface area contributed by atoms with E-state index in [4.69, 9.17) is 11.6 Å². The number of hydrogen-bond acceptors (Lipinski definition) is 1. The first-order chi connectivity index (χ1) is 7.15. The fourth-order valence-corrected chi connectivity index (χ4v) is 2.13. The highest BCUT2D eigenvalue weighted by Gasteiger charge is 2.06. The predicted octanol–water partition coefficient (Wildman–Crippen LogP) is 4.62. The second-order valence-corrected chi connectivity index (χ2v) is 4.36. The molecule has 0 saturated heterocycles. The molecule has 82 valence electrons. The van der Waals surface area contributed by atoms with Crippen LogP contribution in [-0.4, -0.2) is 6.54 Å². The van der Waals surface area contributed by atoms with Gasteiger partial charge in [0.25, 0.3) is 0 Å². The third-order valence-corrected chi connectivity index (χ3v) is 2.82. The number of hydrogen-bond donors (Lipinski definition) is 1. The summed E-state index contributed by atoms with van der Waals surface area (Å²) in [5, 5.41) is 3.54. The Hall–Kier alpha value is -0.540. The van der Waals surface area contributed by atoms with Gasteiger partial charge >= 0.3 is 0 Å². The van der Waals surface area contributed by atoms with Crippen LogP contribution in [0.5, 0.6) is 0 Å². The van der Waals surface area contributed by atoms with Gasteiger partial charge in [0, 0.05) is 11.0 Å².